The smallest absolute Gasteiger partial charge is 0.263 e. The molecule has 1 saturated heterocycles. The van der Waals surface area contributed by atoms with Gasteiger partial charge >= 0.3 is 0 Å². The molecule has 1 aromatic carbocycles. The Bertz CT molecular complexity index is 471. The van der Waals surface area contributed by atoms with Gasteiger partial charge in [-0.1, -0.05) is 23.7 Å². The Balaban J connectivity index is 0.00000220. The molecule has 0 radical (unpaired) electrons. The fraction of sp³-hybridized carbons (Fsp3) is 0.533. The van der Waals surface area contributed by atoms with Crippen molar-refractivity contribution in [3.05, 3.63) is 29.3 Å². The van der Waals surface area contributed by atoms with Crippen molar-refractivity contribution in [2.24, 2.45) is 0 Å². The van der Waals surface area contributed by atoms with E-state index < -0.39 is 6.10 Å². The number of carbonyl (C=O) groups excluding carboxylic acids is 1. The lowest BCUT2D eigenvalue weighted by molar-refractivity contribution is -0.139. The summed E-state index contributed by atoms with van der Waals surface area (Å²) in [6.07, 6.45) is 1.61. The maximum Gasteiger partial charge on any atom is 0.263 e. The van der Waals surface area contributed by atoms with E-state index in [1.807, 2.05) is 24.1 Å². The van der Waals surface area contributed by atoms with E-state index in [1.54, 1.807) is 19.1 Å². The topological polar surface area (TPSA) is 41.6 Å². The molecule has 0 saturated carbocycles. The average Bonchev–Trinajstić information content (AvgIpc) is 2.48. The lowest BCUT2D eigenvalue weighted by Crippen LogP contribution is -2.50. The zero-order chi connectivity index (χ0) is 14.5. The van der Waals surface area contributed by atoms with Crippen molar-refractivity contribution in [2.75, 3.05) is 20.1 Å². The summed E-state index contributed by atoms with van der Waals surface area (Å²) in [6.45, 7) is 3.31. The van der Waals surface area contributed by atoms with Crippen LogP contribution in [0.3, 0.4) is 0 Å². The van der Waals surface area contributed by atoms with Crippen molar-refractivity contribution in [1.82, 2.24) is 10.2 Å². The molecule has 0 bridgehead atoms. The van der Waals surface area contributed by atoms with E-state index in [1.165, 1.54) is 0 Å². The van der Waals surface area contributed by atoms with Gasteiger partial charge < -0.3 is 15.0 Å². The van der Waals surface area contributed by atoms with Crippen molar-refractivity contribution >= 4 is 29.9 Å². The number of rotatable bonds is 4. The molecule has 1 aliphatic heterocycles. The van der Waals surface area contributed by atoms with Gasteiger partial charge in [-0.2, -0.15) is 0 Å². The molecule has 1 N–H and O–H groups in total. The highest BCUT2D eigenvalue weighted by Crippen LogP contribution is 2.24. The minimum Gasteiger partial charge on any atom is -0.479 e. The van der Waals surface area contributed by atoms with E-state index >= 15 is 0 Å². The number of nitrogens with zero attached hydrogens (tertiary/aromatic N) is 1. The Labute approximate surface area is 137 Å². The third kappa shape index (κ3) is 4.77. The number of carbonyl (C=O) groups is 1. The second kappa shape index (κ2) is 8.47. The monoisotopic (exact) mass is 332 g/mol. The largest absolute Gasteiger partial charge is 0.479 e. The van der Waals surface area contributed by atoms with E-state index in [-0.39, 0.29) is 18.3 Å². The molecule has 2 rings (SSSR count). The van der Waals surface area contributed by atoms with Crippen LogP contribution in [0.2, 0.25) is 5.02 Å². The van der Waals surface area contributed by atoms with E-state index in [2.05, 4.69) is 5.32 Å². The summed E-state index contributed by atoms with van der Waals surface area (Å²) in [6, 6.07) is 7.59. The molecule has 1 aliphatic rings. The Morgan fingerprint density at radius 3 is 2.86 bits per heavy atom. The highest BCUT2D eigenvalue weighted by Gasteiger charge is 2.27. The number of ether oxygens (including phenoxy) is 1. The molecule has 2 atom stereocenters. The second-order valence-corrected chi connectivity index (χ2v) is 5.51. The van der Waals surface area contributed by atoms with Gasteiger partial charge in [0, 0.05) is 19.1 Å². The number of benzene rings is 1. The Morgan fingerprint density at radius 1 is 1.48 bits per heavy atom. The number of amides is 1. The summed E-state index contributed by atoms with van der Waals surface area (Å²) < 4.78 is 5.69. The van der Waals surface area contributed by atoms with Gasteiger partial charge in [-0.25, -0.2) is 0 Å². The van der Waals surface area contributed by atoms with E-state index in [0.29, 0.717) is 16.8 Å². The van der Waals surface area contributed by atoms with E-state index in [4.69, 9.17) is 16.3 Å². The summed E-state index contributed by atoms with van der Waals surface area (Å²) in [5.74, 6) is 0.571. The van der Waals surface area contributed by atoms with Gasteiger partial charge in [0.05, 0.1) is 5.02 Å². The van der Waals surface area contributed by atoms with Crippen molar-refractivity contribution in [3.63, 3.8) is 0 Å². The van der Waals surface area contributed by atoms with Crippen molar-refractivity contribution in [3.8, 4) is 5.75 Å². The molecule has 1 amide bonds. The molecule has 0 spiro atoms. The number of hydrogen-bond acceptors (Lipinski definition) is 3. The number of halogens is 2. The highest BCUT2D eigenvalue weighted by atomic mass is 35.5. The Hall–Kier alpha value is -0.970. The summed E-state index contributed by atoms with van der Waals surface area (Å²) in [4.78, 5) is 14.3. The minimum atomic E-state index is -0.523. The predicted molar refractivity (Wildman–Crippen MR) is 87.5 cm³/mol. The quantitative estimate of drug-likeness (QED) is 0.921. The first kappa shape index (κ1) is 18.1. The lowest BCUT2D eigenvalue weighted by atomic mass is 10.1. The first-order chi connectivity index (χ1) is 9.61. The lowest BCUT2D eigenvalue weighted by Gasteiger charge is -2.34. The van der Waals surface area contributed by atoms with Crippen LogP contribution in [-0.2, 0) is 4.79 Å². The van der Waals surface area contributed by atoms with Crippen LogP contribution in [0.25, 0.3) is 0 Å². The number of likely N-dealkylation sites (tertiary alicyclic amines) is 1. The van der Waals surface area contributed by atoms with Gasteiger partial charge in [0.2, 0.25) is 0 Å². The molecular weight excluding hydrogens is 311 g/mol. The molecule has 1 heterocycles. The first-order valence-corrected chi connectivity index (χ1v) is 7.37. The maximum atomic E-state index is 12.4. The number of nitrogens with one attached hydrogen (secondary N) is 1. The number of piperidine rings is 1. The van der Waals surface area contributed by atoms with Crippen molar-refractivity contribution < 1.29 is 9.53 Å². The normalized spacial score (nSPS) is 19.6. The number of para-hydroxylation sites is 1. The molecule has 2 unspecified atom stereocenters. The second-order valence-electron chi connectivity index (χ2n) is 5.10. The third-order valence-corrected chi connectivity index (χ3v) is 3.94. The SMILES string of the molecule is CNC1CCCN(C(=O)C(C)Oc2ccccc2Cl)C1.Cl. The van der Waals surface area contributed by atoms with Crippen molar-refractivity contribution in [2.45, 2.75) is 31.9 Å². The molecular formula is C15H22Cl2N2O2. The summed E-state index contributed by atoms with van der Waals surface area (Å²) in [5.41, 5.74) is 0. The zero-order valence-corrected chi connectivity index (χ0v) is 13.9. The fourth-order valence-electron chi connectivity index (χ4n) is 2.45. The molecule has 4 nitrogen and oxygen atoms in total. The van der Waals surface area contributed by atoms with Crippen molar-refractivity contribution in [1.29, 1.82) is 0 Å². The molecule has 1 aromatic rings. The van der Waals surface area contributed by atoms with Crippen LogP contribution >= 0.6 is 24.0 Å². The maximum absolute atomic E-state index is 12.4. The first-order valence-electron chi connectivity index (χ1n) is 6.99. The molecule has 1 fully saturated rings. The number of hydrogen-bond donors (Lipinski definition) is 1. The molecule has 21 heavy (non-hydrogen) atoms. The van der Waals surface area contributed by atoms with Gasteiger partial charge in [-0.15, -0.1) is 12.4 Å². The molecule has 0 aromatic heterocycles. The van der Waals surface area contributed by atoms with Gasteiger partial charge in [-0.05, 0) is 38.9 Å². The van der Waals surface area contributed by atoms with Gasteiger partial charge in [-0.3, -0.25) is 4.79 Å². The van der Waals surface area contributed by atoms with Crippen LogP contribution in [0.15, 0.2) is 24.3 Å². The summed E-state index contributed by atoms with van der Waals surface area (Å²) >= 11 is 6.04. The average molecular weight is 333 g/mol. The molecule has 118 valence electrons. The van der Waals surface area contributed by atoms with Gasteiger partial charge in [0.15, 0.2) is 6.10 Å². The van der Waals surface area contributed by atoms with Crippen LogP contribution in [-0.4, -0.2) is 43.1 Å². The minimum absolute atomic E-state index is 0. The fourth-order valence-corrected chi connectivity index (χ4v) is 2.63. The highest BCUT2D eigenvalue weighted by molar-refractivity contribution is 6.32. The van der Waals surface area contributed by atoms with Crippen LogP contribution in [0, 0.1) is 0 Å². The predicted octanol–water partition coefficient (Wildman–Crippen LogP) is 2.74. The molecule has 0 aliphatic carbocycles. The van der Waals surface area contributed by atoms with Crippen LogP contribution in [0.5, 0.6) is 5.75 Å². The van der Waals surface area contributed by atoms with E-state index in [0.717, 1.165) is 25.9 Å². The Kier molecular flexibility index (Phi) is 7.29. The standard InChI is InChI=1S/C15H21ClN2O2.ClH/c1-11(20-14-8-4-3-7-13(14)16)15(19)18-9-5-6-12(10-18)17-2;/h3-4,7-8,11-12,17H,5-6,9-10H2,1-2H3;1H. The third-order valence-electron chi connectivity index (χ3n) is 3.63. The molecule has 6 heteroatoms. The van der Waals surface area contributed by atoms with Crippen LogP contribution in [0.1, 0.15) is 19.8 Å². The van der Waals surface area contributed by atoms with Crippen LogP contribution in [0.4, 0.5) is 0 Å². The van der Waals surface area contributed by atoms with E-state index in [9.17, 15) is 4.79 Å². The van der Waals surface area contributed by atoms with Gasteiger partial charge in [0.25, 0.3) is 5.91 Å². The van der Waals surface area contributed by atoms with Gasteiger partial charge in [0.1, 0.15) is 5.75 Å². The van der Waals surface area contributed by atoms with Crippen LogP contribution < -0.4 is 10.1 Å². The zero-order valence-electron chi connectivity index (χ0n) is 12.3. The summed E-state index contributed by atoms with van der Waals surface area (Å²) in [5, 5.41) is 3.76. The summed E-state index contributed by atoms with van der Waals surface area (Å²) in [7, 11) is 1.93. The number of likely N-dealkylation sites (N-methyl/N-ethyl adjacent to an activating group) is 1. The Morgan fingerprint density at radius 2 is 2.19 bits per heavy atom.